The maximum absolute atomic E-state index is 0. The third kappa shape index (κ3) is 58.6. The van der Waals surface area contributed by atoms with Crippen molar-refractivity contribution in [3.05, 3.63) is 0 Å². The SMILES string of the molecule is [Au].[Au].[Au].[Au].[Au].[Au].[Au].[Au].[Au].[Pd]. The summed E-state index contributed by atoms with van der Waals surface area (Å²) in [5, 5.41) is 0. The molecule has 0 saturated carbocycles. The fourth-order valence-corrected chi connectivity index (χ4v) is 0. The Morgan fingerprint density at radius 1 is 0.200 bits per heavy atom. The van der Waals surface area contributed by atoms with Crippen molar-refractivity contribution in [2.24, 2.45) is 0 Å². The van der Waals surface area contributed by atoms with Crippen LogP contribution in [0.25, 0.3) is 0 Å². The molecule has 0 atom stereocenters. The van der Waals surface area contributed by atoms with E-state index in [0.29, 0.717) is 0 Å². The van der Waals surface area contributed by atoms with Crippen LogP contribution in [0.1, 0.15) is 0 Å². The monoisotopic (exact) mass is 1880 g/mol. The molecular formula is Au9Pd. The molecular weight excluding hydrogens is 1880 g/mol. The maximum atomic E-state index is 0. The summed E-state index contributed by atoms with van der Waals surface area (Å²) in [5.41, 5.74) is 0. The van der Waals surface area contributed by atoms with Gasteiger partial charge in [0.05, 0.1) is 0 Å². The summed E-state index contributed by atoms with van der Waals surface area (Å²) in [7, 11) is 0. The summed E-state index contributed by atoms with van der Waals surface area (Å²) < 4.78 is 0. The Bertz CT molecular complexity index is 4.69. The molecule has 0 nitrogen and oxygen atoms in total. The number of rotatable bonds is 0. The second-order valence-corrected chi connectivity index (χ2v) is 0. The van der Waals surface area contributed by atoms with Gasteiger partial charge in [0, 0.05) is 222 Å². The Hall–Kier alpha value is 7.32. The van der Waals surface area contributed by atoms with Gasteiger partial charge in [0.25, 0.3) is 0 Å². The Kier molecular flexibility index (Phi) is 615. The molecule has 0 bridgehead atoms. The molecule has 0 aromatic carbocycles. The molecule has 0 aromatic rings. The van der Waals surface area contributed by atoms with Gasteiger partial charge < -0.3 is 0 Å². The minimum atomic E-state index is 0. The van der Waals surface area contributed by atoms with Gasteiger partial charge in [0.2, 0.25) is 0 Å². The zero-order chi connectivity index (χ0) is 0. The van der Waals surface area contributed by atoms with E-state index in [1.165, 1.54) is 0 Å². The summed E-state index contributed by atoms with van der Waals surface area (Å²) in [6.07, 6.45) is 0. The second-order valence-electron chi connectivity index (χ2n) is 0. The van der Waals surface area contributed by atoms with Crippen LogP contribution in [0.15, 0.2) is 0 Å². The number of hydrogen-bond acceptors (Lipinski definition) is 0. The number of hydrogen-bond donors (Lipinski definition) is 0. The average molecular weight is 1880 g/mol. The zero-order valence-corrected chi connectivity index (χ0v) is 24.1. The Morgan fingerprint density at radius 3 is 0.200 bits per heavy atom. The van der Waals surface area contributed by atoms with E-state index in [1.807, 2.05) is 0 Å². The van der Waals surface area contributed by atoms with Gasteiger partial charge in [-0.05, 0) is 0 Å². The molecule has 0 N–H and O–H groups in total. The van der Waals surface area contributed by atoms with Crippen LogP contribution in [0, 0.1) is 0 Å². The largest absolute Gasteiger partial charge is 0 e. The van der Waals surface area contributed by atoms with E-state index in [9.17, 15) is 0 Å². The minimum absolute atomic E-state index is 0. The van der Waals surface area contributed by atoms with Crippen molar-refractivity contribution in [2.45, 2.75) is 0 Å². The van der Waals surface area contributed by atoms with Crippen LogP contribution in [0.5, 0.6) is 0 Å². The Morgan fingerprint density at radius 2 is 0.200 bits per heavy atom. The normalized spacial score (nSPS) is 0. The summed E-state index contributed by atoms with van der Waals surface area (Å²) >= 11 is 0. The van der Waals surface area contributed by atoms with Gasteiger partial charge in [-0.25, -0.2) is 0 Å². The first-order valence-corrected chi connectivity index (χ1v) is 0. The quantitative estimate of drug-likeness (QED) is 0.300. The van der Waals surface area contributed by atoms with E-state index >= 15 is 0 Å². The molecule has 0 aliphatic rings. The van der Waals surface area contributed by atoms with E-state index in [-0.39, 0.29) is 222 Å². The van der Waals surface area contributed by atoms with Crippen LogP contribution >= 0.6 is 0 Å². The van der Waals surface area contributed by atoms with Crippen molar-refractivity contribution < 1.29 is 222 Å². The fourth-order valence-electron chi connectivity index (χ4n) is 0. The molecule has 0 fully saturated rings. The predicted molar refractivity (Wildman–Crippen MR) is 0 cm³/mol. The molecule has 0 heterocycles. The molecule has 0 unspecified atom stereocenters. The van der Waals surface area contributed by atoms with Crippen LogP contribution in [-0.4, -0.2) is 0 Å². The van der Waals surface area contributed by atoms with Crippen molar-refractivity contribution in [3.8, 4) is 0 Å². The predicted octanol–water partition coefficient (Wildman–Crippen LogP) is -0.0250. The molecule has 0 amide bonds. The van der Waals surface area contributed by atoms with Crippen LogP contribution in [0.3, 0.4) is 0 Å². The van der Waals surface area contributed by atoms with E-state index in [2.05, 4.69) is 0 Å². The average Bonchev–Trinajstić information content (AvgIpc) is 0. The molecule has 0 spiro atoms. The van der Waals surface area contributed by atoms with E-state index in [4.69, 9.17) is 0 Å². The van der Waals surface area contributed by atoms with Gasteiger partial charge in [-0.3, -0.25) is 0 Å². The van der Waals surface area contributed by atoms with Crippen LogP contribution in [0.4, 0.5) is 0 Å². The third-order valence-corrected chi connectivity index (χ3v) is 0. The zero-order valence-electron chi connectivity index (χ0n) is 3.03. The Labute approximate surface area is 216 Å². The van der Waals surface area contributed by atoms with Crippen molar-refractivity contribution in [1.82, 2.24) is 0 Å². The molecule has 10 heteroatoms. The summed E-state index contributed by atoms with van der Waals surface area (Å²) in [5.74, 6) is 0. The van der Waals surface area contributed by atoms with Gasteiger partial charge in [-0.2, -0.15) is 0 Å². The first-order chi connectivity index (χ1) is 0. The van der Waals surface area contributed by atoms with Crippen molar-refractivity contribution >= 4 is 0 Å². The van der Waals surface area contributed by atoms with Gasteiger partial charge in [-0.1, -0.05) is 0 Å². The van der Waals surface area contributed by atoms with Crippen LogP contribution in [-0.2, 0) is 222 Å². The van der Waals surface area contributed by atoms with Gasteiger partial charge >= 0.3 is 0 Å². The van der Waals surface area contributed by atoms with Crippen molar-refractivity contribution in [2.75, 3.05) is 0 Å². The second kappa shape index (κ2) is 71.5. The minimum Gasteiger partial charge on any atom is 0 e. The topological polar surface area (TPSA) is 0 Å². The van der Waals surface area contributed by atoms with Crippen LogP contribution < -0.4 is 0 Å². The summed E-state index contributed by atoms with van der Waals surface area (Å²) in [6, 6.07) is 0. The van der Waals surface area contributed by atoms with Crippen LogP contribution in [0.2, 0.25) is 0 Å². The summed E-state index contributed by atoms with van der Waals surface area (Å²) in [6.45, 7) is 0. The van der Waals surface area contributed by atoms with Crippen molar-refractivity contribution in [3.63, 3.8) is 0 Å². The molecule has 0 rings (SSSR count). The Balaban J connectivity index is 0. The standard InChI is InChI=1S/9Au.Pd. The fraction of sp³-hybridized carbons (Fsp3) is 0. The van der Waals surface area contributed by atoms with E-state index < -0.39 is 0 Å². The molecule has 0 aromatic heterocycles. The van der Waals surface area contributed by atoms with Gasteiger partial charge in [0.1, 0.15) is 0 Å². The van der Waals surface area contributed by atoms with Gasteiger partial charge in [-0.15, -0.1) is 0 Å². The maximum Gasteiger partial charge on any atom is 0 e. The molecule has 0 aliphatic carbocycles. The van der Waals surface area contributed by atoms with E-state index in [1.54, 1.807) is 0 Å². The first kappa shape index (κ1) is 86.1. The summed E-state index contributed by atoms with van der Waals surface area (Å²) in [4.78, 5) is 0. The first-order valence-electron chi connectivity index (χ1n) is 0. The molecule has 0 saturated heterocycles. The third-order valence-electron chi connectivity index (χ3n) is 0. The molecule has 10 heavy (non-hydrogen) atoms. The molecule has 0 aliphatic heterocycles. The van der Waals surface area contributed by atoms with Gasteiger partial charge in [0.15, 0.2) is 0 Å². The molecule has 109 valence electrons. The smallest absolute Gasteiger partial charge is 0 e. The van der Waals surface area contributed by atoms with E-state index in [0.717, 1.165) is 0 Å². The van der Waals surface area contributed by atoms with Crippen molar-refractivity contribution in [1.29, 1.82) is 0 Å². The molecule has 9 radical (unpaired) electrons.